The van der Waals surface area contributed by atoms with Gasteiger partial charge in [0.2, 0.25) is 11.8 Å². The van der Waals surface area contributed by atoms with Crippen molar-refractivity contribution >= 4 is 35.4 Å². The number of hydrogen-bond acceptors (Lipinski definition) is 8. The highest BCUT2D eigenvalue weighted by Gasteiger charge is 2.47. The van der Waals surface area contributed by atoms with Crippen LogP contribution in [0.25, 0.3) is 0 Å². The van der Waals surface area contributed by atoms with Crippen LogP contribution < -0.4 is 10.2 Å². The van der Waals surface area contributed by atoms with Crippen LogP contribution in [0.4, 0.5) is 5.69 Å². The normalized spacial score (nSPS) is 18.2. The van der Waals surface area contributed by atoms with Crippen LogP contribution in [-0.4, -0.2) is 53.5 Å². The number of anilines is 1. The highest BCUT2D eigenvalue weighted by atomic mass is 16.6. The molecule has 2 aromatic carbocycles. The van der Waals surface area contributed by atoms with Crippen LogP contribution in [0.3, 0.4) is 0 Å². The third-order valence-corrected chi connectivity index (χ3v) is 8.64. The molecule has 1 fully saturated rings. The molecular formula is C38H50N2O8. The van der Waals surface area contributed by atoms with Crippen molar-refractivity contribution in [3.05, 3.63) is 65.7 Å². The minimum atomic E-state index is -0.989. The number of fused-ring (bicyclic) bond motifs is 1. The van der Waals surface area contributed by atoms with E-state index in [-0.39, 0.29) is 31.9 Å². The zero-order valence-corrected chi connectivity index (χ0v) is 29.1. The minimum absolute atomic E-state index is 0.0678. The largest absolute Gasteiger partial charge is 0.461 e. The first-order chi connectivity index (χ1) is 22.6. The van der Waals surface area contributed by atoms with Crippen molar-refractivity contribution < 1.29 is 38.2 Å². The summed E-state index contributed by atoms with van der Waals surface area (Å²) >= 11 is 0. The lowest BCUT2D eigenvalue weighted by atomic mass is 9.75. The lowest BCUT2D eigenvalue weighted by Crippen LogP contribution is -2.53. The molecule has 1 saturated carbocycles. The number of esters is 3. The van der Waals surface area contributed by atoms with E-state index in [0.29, 0.717) is 31.4 Å². The van der Waals surface area contributed by atoms with Crippen LogP contribution in [0.2, 0.25) is 0 Å². The molecule has 0 aromatic heterocycles. The van der Waals surface area contributed by atoms with Gasteiger partial charge in [0, 0.05) is 5.69 Å². The summed E-state index contributed by atoms with van der Waals surface area (Å²) in [5, 5.41) is 3.02. The molecule has 10 heteroatoms. The van der Waals surface area contributed by atoms with Gasteiger partial charge in [-0.1, -0.05) is 61.4 Å². The Morgan fingerprint density at radius 2 is 1.50 bits per heavy atom. The zero-order chi connectivity index (χ0) is 35.1. The molecule has 1 aliphatic heterocycles. The molecule has 4 rings (SSSR count). The molecule has 1 aliphatic carbocycles. The van der Waals surface area contributed by atoms with Crippen LogP contribution in [0.5, 0.6) is 0 Å². The molecule has 0 saturated heterocycles. The quantitative estimate of drug-likeness (QED) is 0.235. The minimum Gasteiger partial charge on any atom is -0.461 e. The topological polar surface area (TPSA) is 128 Å². The van der Waals surface area contributed by atoms with Gasteiger partial charge in [-0.3, -0.25) is 28.9 Å². The van der Waals surface area contributed by atoms with E-state index < -0.39 is 52.4 Å². The van der Waals surface area contributed by atoms with Gasteiger partial charge in [-0.15, -0.1) is 0 Å². The molecular weight excluding hydrogens is 612 g/mol. The van der Waals surface area contributed by atoms with Crippen LogP contribution in [0.15, 0.2) is 54.6 Å². The van der Waals surface area contributed by atoms with Gasteiger partial charge in [0.1, 0.15) is 30.4 Å². The van der Waals surface area contributed by atoms with Crippen molar-refractivity contribution in [2.24, 2.45) is 11.3 Å². The monoisotopic (exact) mass is 662 g/mol. The van der Waals surface area contributed by atoms with Gasteiger partial charge < -0.3 is 19.5 Å². The number of hydrogen-bond donors (Lipinski definition) is 1. The molecule has 0 spiro atoms. The van der Waals surface area contributed by atoms with Crippen LogP contribution >= 0.6 is 0 Å². The smallest absolute Gasteiger partial charge is 0.326 e. The lowest BCUT2D eigenvalue weighted by Gasteiger charge is -2.34. The van der Waals surface area contributed by atoms with E-state index in [0.717, 1.165) is 24.0 Å². The molecule has 0 bridgehead atoms. The Balaban J connectivity index is 1.54. The molecule has 260 valence electrons. The Labute approximate surface area is 283 Å². The highest BCUT2D eigenvalue weighted by Crippen LogP contribution is 2.45. The first-order valence-corrected chi connectivity index (χ1v) is 16.9. The number of amides is 2. The molecule has 2 atom stereocenters. The van der Waals surface area contributed by atoms with Gasteiger partial charge in [0.15, 0.2) is 0 Å². The number of rotatable bonds is 11. The van der Waals surface area contributed by atoms with Crippen molar-refractivity contribution in [1.29, 1.82) is 0 Å². The fourth-order valence-corrected chi connectivity index (χ4v) is 6.50. The summed E-state index contributed by atoms with van der Waals surface area (Å²) in [6, 6.07) is 15.8. The number of nitrogens with zero attached hydrogens (tertiary/aromatic N) is 1. The molecule has 0 radical (unpaired) electrons. The molecule has 1 unspecified atom stereocenters. The van der Waals surface area contributed by atoms with Crippen molar-refractivity contribution in [2.75, 3.05) is 11.4 Å². The second-order valence-corrected chi connectivity index (χ2v) is 15.0. The van der Waals surface area contributed by atoms with E-state index >= 15 is 0 Å². The summed E-state index contributed by atoms with van der Waals surface area (Å²) in [6.45, 7) is 10.3. The fourth-order valence-electron chi connectivity index (χ4n) is 6.50. The summed E-state index contributed by atoms with van der Waals surface area (Å²) in [5.41, 5.74) is -0.195. The summed E-state index contributed by atoms with van der Waals surface area (Å²) in [4.78, 5) is 69.2. The molecule has 2 aliphatic rings. The number of ether oxygens (including phenoxy) is 3. The summed E-state index contributed by atoms with van der Waals surface area (Å²) in [7, 11) is 0. The van der Waals surface area contributed by atoms with Crippen molar-refractivity contribution in [3.8, 4) is 0 Å². The van der Waals surface area contributed by atoms with E-state index in [1.807, 2.05) is 48.5 Å². The van der Waals surface area contributed by atoms with Gasteiger partial charge >= 0.3 is 17.9 Å². The summed E-state index contributed by atoms with van der Waals surface area (Å²) in [6.07, 6.45) is 3.22. The van der Waals surface area contributed by atoms with Gasteiger partial charge in [0.25, 0.3) is 0 Å². The highest BCUT2D eigenvalue weighted by molar-refractivity contribution is 6.03. The Morgan fingerprint density at radius 3 is 2.15 bits per heavy atom. The van der Waals surface area contributed by atoms with E-state index in [4.69, 9.17) is 14.2 Å². The fraction of sp³-hybridized carbons (Fsp3) is 0.553. The Kier molecular flexibility index (Phi) is 11.7. The zero-order valence-electron chi connectivity index (χ0n) is 29.1. The molecule has 48 heavy (non-hydrogen) atoms. The number of para-hydroxylation sites is 1. The average Bonchev–Trinajstić information content (AvgIpc) is 3.44. The third-order valence-electron chi connectivity index (χ3n) is 8.64. The van der Waals surface area contributed by atoms with E-state index in [1.165, 1.54) is 4.90 Å². The van der Waals surface area contributed by atoms with Gasteiger partial charge in [0.05, 0.1) is 17.8 Å². The molecule has 10 nitrogen and oxygen atoms in total. The van der Waals surface area contributed by atoms with Crippen LogP contribution in [0.1, 0.15) is 97.6 Å². The Hall–Kier alpha value is -4.21. The second-order valence-electron chi connectivity index (χ2n) is 15.0. The maximum atomic E-state index is 14.3. The first kappa shape index (κ1) is 36.6. The van der Waals surface area contributed by atoms with Gasteiger partial charge in [-0.05, 0) is 90.8 Å². The Morgan fingerprint density at radius 1 is 0.875 bits per heavy atom. The van der Waals surface area contributed by atoms with Gasteiger partial charge in [-0.2, -0.15) is 0 Å². The first-order valence-electron chi connectivity index (χ1n) is 16.9. The number of carbonyl (C=O) groups is 5. The second kappa shape index (κ2) is 15.3. The molecule has 1 N–H and O–H groups in total. The average molecular weight is 663 g/mol. The predicted molar refractivity (Wildman–Crippen MR) is 181 cm³/mol. The number of nitrogens with one attached hydrogen (secondary N) is 1. The molecule has 2 aromatic rings. The molecule has 1 heterocycles. The van der Waals surface area contributed by atoms with Crippen molar-refractivity contribution in [3.63, 3.8) is 0 Å². The maximum Gasteiger partial charge on any atom is 0.326 e. The lowest BCUT2D eigenvalue weighted by molar-refractivity contribution is -0.166. The summed E-state index contributed by atoms with van der Waals surface area (Å²) in [5.74, 6) is -3.34. The van der Waals surface area contributed by atoms with Crippen LogP contribution in [-0.2, 0) is 51.2 Å². The summed E-state index contributed by atoms with van der Waals surface area (Å²) < 4.78 is 16.8. The standard InChI is InChI=1S/C38H50N2O8/c1-36(2,3)47-32(42)24-40-30-17-11-10-16-27(30)18-19-29(33(40)43)39-35(45)38(20-12-13-21-38)23-28(34(44)48-37(4,5)6)22-31(41)46-25-26-14-8-7-9-15-26/h7-11,14-17,28-29H,12-13,18-25H2,1-6H3,(H,39,45)/t28?,29-/m0/s1. The third kappa shape index (κ3) is 10.1. The SMILES string of the molecule is CC(C)(C)OC(=O)CN1C(=O)[C@@H](NC(=O)C2(CC(CC(=O)OCc3ccccc3)C(=O)OC(C)(C)C)CCCC2)CCc2ccccc21. The van der Waals surface area contributed by atoms with E-state index in [1.54, 1.807) is 47.6 Å². The number of benzene rings is 2. The number of aryl methyl sites for hydroxylation is 1. The van der Waals surface area contributed by atoms with Gasteiger partial charge in [-0.25, -0.2) is 0 Å². The maximum absolute atomic E-state index is 14.3. The van der Waals surface area contributed by atoms with Crippen molar-refractivity contribution in [2.45, 2.75) is 117 Å². The molecule has 2 amide bonds. The number of carbonyl (C=O) groups excluding carboxylic acids is 5. The Bertz CT molecular complexity index is 1470. The van der Waals surface area contributed by atoms with E-state index in [9.17, 15) is 24.0 Å². The predicted octanol–water partition coefficient (Wildman–Crippen LogP) is 5.83. The van der Waals surface area contributed by atoms with Crippen LogP contribution in [0, 0.1) is 11.3 Å². The van der Waals surface area contributed by atoms with Crippen molar-refractivity contribution in [1.82, 2.24) is 5.32 Å². The van der Waals surface area contributed by atoms with E-state index in [2.05, 4.69) is 5.32 Å².